The van der Waals surface area contributed by atoms with Gasteiger partial charge in [-0.15, -0.1) is 0 Å². The largest absolute Gasteiger partial charge is 1.00 e. The van der Waals surface area contributed by atoms with Crippen molar-refractivity contribution in [1.29, 1.82) is 0 Å². The van der Waals surface area contributed by atoms with Crippen LogP contribution in [0.4, 0.5) is 0 Å². The van der Waals surface area contributed by atoms with Crippen LogP contribution in [-0.4, -0.2) is 29.9 Å². The average molecular weight is 473 g/mol. The molecule has 1 unspecified atom stereocenters. The zero-order valence-electron chi connectivity index (χ0n) is 20.2. The third-order valence-corrected chi connectivity index (χ3v) is 7.26. The van der Waals surface area contributed by atoms with Gasteiger partial charge in [0.2, 0.25) is 0 Å². The van der Waals surface area contributed by atoms with E-state index >= 15 is 0 Å². The number of unbranched alkanes of at least 4 members (excludes halogenated alkanes) is 17. The first-order chi connectivity index (χ1) is 14.0. The molecule has 0 saturated carbocycles. The Balaban J connectivity index is 0. The van der Waals surface area contributed by atoms with Gasteiger partial charge >= 0.3 is 51.4 Å². The quantitative estimate of drug-likeness (QED) is 0.138. The molecule has 0 aliphatic heterocycles. The van der Waals surface area contributed by atoms with Crippen LogP contribution >= 0.6 is 0 Å². The van der Waals surface area contributed by atoms with Crippen molar-refractivity contribution < 1.29 is 69.5 Å². The van der Waals surface area contributed by atoms with E-state index in [4.69, 9.17) is 5.11 Å². The second kappa shape index (κ2) is 25.1. The number of hydrogen-bond acceptors (Lipinski definition) is 4. The minimum Gasteiger partial charge on any atom is -0.748 e. The maximum atomic E-state index is 11.4. The predicted molar refractivity (Wildman–Crippen MR) is 123 cm³/mol. The van der Waals surface area contributed by atoms with E-state index in [1.165, 1.54) is 83.5 Å². The third kappa shape index (κ3) is 24.2. The third-order valence-electron chi connectivity index (χ3n) is 5.97. The molecule has 0 aliphatic rings. The summed E-state index contributed by atoms with van der Waals surface area (Å²) < 4.78 is 34.1. The van der Waals surface area contributed by atoms with Crippen LogP contribution in [0.5, 0.6) is 0 Å². The van der Waals surface area contributed by atoms with Gasteiger partial charge in [-0.2, -0.15) is 0 Å². The van der Waals surface area contributed by atoms with Crippen LogP contribution in [0.25, 0.3) is 0 Å². The van der Waals surface area contributed by atoms with Crippen molar-refractivity contribution in [2.45, 2.75) is 147 Å². The molecule has 0 radical (unpaired) electrons. The first-order valence-corrected chi connectivity index (χ1v) is 14.0. The van der Waals surface area contributed by atoms with E-state index in [9.17, 15) is 13.0 Å². The molecule has 0 aromatic carbocycles. The Morgan fingerprint density at radius 3 is 1.20 bits per heavy atom. The first-order valence-electron chi connectivity index (χ1n) is 12.6. The minimum atomic E-state index is -4.19. The standard InChI is InChI=1S/C24H50O4S.K/c1-2-3-4-5-6-7-8-9-10-11-12-13-14-15-16-18-21-24(29(26,27)28)22-19-17-20-23-25;/h24-25H,2-23H2,1H3,(H,26,27,28);/q;+1/p-1. The van der Waals surface area contributed by atoms with Gasteiger partial charge in [0.05, 0.1) is 10.1 Å². The number of hydrogen-bond donors (Lipinski definition) is 1. The monoisotopic (exact) mass is 472 g/mol. The second-order valence-electron chi connectivity index (χ2n) is 8.78. The number of rotatable bonds is 23. The summed E-state index contributed by atoms with van der Waals surface area (Å²) in [5, 5.41) is 8.04. The number of aliphatic hydroxyl groups excluding tert-OH is 1. The van der Waals surface area contributed by atoms with Crippen molar-refractivity contribution in [2.75, 3.05) is 6.61 Å². The van der Waals surface area contributed by atoms with Crippen molar-refractivity contribution in [3.05, 3.63) is 0 Å². The fraction of sp³-hybridized carbons (Fsp3) is 1.00. The van der Waals surface area contributed by atoms with E-state index in [2.05, 4.69) is 6.92 Å². The van der Waals surface area contributed by atoms with Crippen LogP contribution in [0.2, 0.25) is 0 Å². The second-order valence-corrected chi connectivity index (χ2v) is 10.4. The number of aliphatic hydroxyl groups is 1. The van der Waals surface area contributed by atoms with Crippen LogP contribution in [0.3, 0.4) is 0 Å². The van der Waals surface area contributed by atoms with E-state index in [1.807, 2.05) is 0 Å². The van der Waals surface area contributed by atoms with Crippen LogP contribution < -0.4 is 51.4 Å². The van der Waals surface area contributed by atoms with E-state index in [1.54, 1.807) is 0 Å². The Morgan fingerprint density at radius 1 is 0.600 bits per heavy atom. The molecule has 30 heavy (non-hydrogen) atoms. The molecule has 0 amide bonds. The molecule has 0 aliphatic carbocycles. The first kappa shape index (κ1) is 33.7. The molecule has 0 fully saturated rings. The van der Waals surface area contributed by atoms with Gasteiger partial charge in [0, 0.05) is 11.9 Å². The molecule has 0 spiro atoms. The molecule has 1 atom stereocenters. The summed E-state index contributed by atoms with van der Waals surface area (Å²) in [7, 11) is -4.19. The van der Waals surface area contributed by atoms with Crippen molar-refractivity contribution in [2.24, 2.45) is 0 Å². The molecule has 0 aromatic rings. The summed E-state index contributed by atoms with van der Waals surface area (Å²) in [6, 6.07) is 0. The molecule has 1 N–H and O–H groups in total. The molecular formula is C24H49KO4S. The van der Waals surface area contributed by atoms with E-state index in [-0.39, 0.29) is 58.0 Å². The fourth-order valence-corrected chi connectivity index (χ4v) is 4.92. The molecule has 0 saturated heterocycles. The summed E-state index contributed by atoms with van der Waals surface area (Å²) in [5.41, 5.74) is 0. The van der Waals surface area contributed by atoms with Gasteiger partial charge in [-0.1, -0.05) is 122 Å². The Morgan fingerprint density at radius 2 is 0.900 bits per heavy atom. The van der Waals surface area contributed by atoms with Crippen LogP contribution in [0, 0.1) is 0 Å². The van der Waals surface area contributed by atoms with Crippen molar-refractivity contribution >= 4 is 10.1 Å². The maximum Gasteiger partial charge on any atom is 1.00 e. The van der Waals surface area contributed by atoms with Gasteiger partial charge in [-0.3, -0.25) is 0 Å². The normalized spacial score (nSPS) is 12.6. The van der Waals surface area contributed by atoms with Crippen molar-refractivity contribution in [1.82, 2.24) is 0 Å². The summed E-state index contributed by atoms with van der Waals surface area (Å²) >= 11 is 0. The summed E-state index contributed by atoms with van der Waals surface area (Å²) in [4.78, 5) is 0. The molecule has 0 rings (SSSR count). The van der Waals surface area contributed by atoms with Gasteiger partial charge in [0.25, 0.3) is 0 Å². The van der Waals surface area contributed by atoms with E-state index < -0.39 is 15.4 Å². The van der Waals surface area contributed by atoms with E-state index in [0.29, 0.717) is 25.7 Å². The molecule has 176 valence electrons. The summed E-state index contributed by atoms with van der Waals surface area (Å²) in [6.07, 6.45) is 23.9. The Hall–Kier alpha value is 1.51. The Kier molecular flexibility index (Phi) is 28.2. The molecule has 0 heterocycles. The Labute approximate surface area is 230 Å². The van der Waals surface area contributed by atoms with E-state index in [0.717, 1.165) is 25.7 Å². The SMILES string of the molecule is CCCCCCCCCCCCCCCCCCC(CCCCCO)S(=O)(=O)[O-].[K+]. The van der Waals surface area contributed by atoms with Gasteiger partial charge in [0.1, 0.15) is 0 Å². The maximum absolute atomic E-state index is 11.4. The van der Waals surface area contributed by atoms with Crippen LogP contribution in [-0.2, 0) is 10.1 Å². The summed E-state index contributed by atoms with van der Waals surface area (Å²) in [5.74, 6) is 0. The molecular weight excluding hydrogens is 423 g/mol. The zero-order chi connectivity index (χ0) is 21.6. The summed E-state index contributed by atoms with van der Waals surface area (Å²) in [6.45, 7) is 2.40. The average Bonchev–Trinajstić information content (AvgIpc) is 2.68. The molecule has 4 nitrogen and oxygen atoms in total. The van der Waals surface area contributed by atoms with Crippen LogP contribution in [0.1, 0.15) is 142 Å². The van der Waals surface area contributed by atoms with Crippen molar-refractivity contribution in [3.8, 4) is 0 Å². The van der Waals surface area contributed by atoms with Gasteiger partial charge in [0.15, 0.2) is 0 Å². The fourth-order valence-electron chi connectivity index (χ4n) is 4.01. The topological polar surface area (TPSA) is 77.4 Å². The van der Waals surface area contributed by atoms with Gasteiger partial charge in [-0.05, 0) is 19.3 Å². The van der Waals surface area contributed by atoms with Gasteiger partial charge < -0.3 is 9.66 Å². The molecule has 0 aromatic heterocycles. The smallest absolute Gasteiger partial charge is 0.748 e. The van der Waals surface area contributed by atoms with Gasteiger partial charge in [-0.25, -0.2) is 8.42 Å². The molecule has 0 bridgehead atoms. The van der Waals surface area contributed by atoms with Crippen molar-refractivity contribution in [3.63, 3.8) is 0 Å². The Bertz CT molecular complexity index is 429. The van der Waals surface area contributed by atoms with Crippen LogP contribution in [0.15, 0.2) is 0 Å². The minimum absolute atomic E-state index is 0. The predicted octanol–water partition coefficient (Wildman–Crippen LogP) is 4.11. The zero-order valence-corrected chi connectivity index (χ0v) is 24.2. The molecule has 6 heteroatoms.